The molecule has 3 amide bonds. The van der Waals surface area contributed by atoms with Crippen LogP contribution < -0.4 is 10.6 Å². The van der Waals surface area contributed by atoms with Gasteiger partial charge in [0.25, 0.3) is 5.91 Å². The monoisotopic (exact) mass is 350 g/mol. The van der Waals surface area contributed by atoms with Crippen LogP contribution in [0.1, 0.15) is 58.3 Å². The number of carbonyl (C=O) groups is 4. The molecule has 0 aromatic heterocycles. The Labute approximate surface area is 147 Å². The van der Waals surface area contributed by atoms with E-state index in [0.717, 1.165) is 19.3 Å². The Bertz CT molecular complexity index is 551. The summed E-state index contributed by atoms with van der Waals surface area (Å²) in [6.07, 6.45) is 6.87. The molecule has 0 heterocycles. The number of hydrogen-bond acceptors (Lipinski definition) is 5. The summed E-state index contributed by atoms with van der Waals surface area (Å²) in [6.45, 7) is 0.875. The Morgan fingerprint density at radius 2 is 1.52 bits per heavy atom. The summed E-state index contributed by atoms with van der Waals surface area (Å²) >= 11 is 0. The van der Waals surface area contributed by atoms with E-state index in [1.165, 1.54) is 26.2 Å². The van der Waals surface area contributed by atoms with Crippen molar-refractivity contribution in [3.63, 3.8) is 0 Å². The molecule has 0 aliphatic heterocycles. The topological polar surface area (TPSA) is 102 Å². The van der Waals surface area contributed by atoms with Gasteiger partial charge < -0.3 is 14.8 Å². The van der Waals surface area contributed by atoms with Crippen molar-refractivity contribution in [2.45, 2.75) is 63.8 Å². The predicted octanol–water partition coefficient (Wildman–Crippen LogP) is 1.69. The Hall–Kier alpha value is -1.92. The molecule has 4 aliphatic rings. The first kappa shape index (κ1) is 17.9. The Morgan fingerprint density at radius 1 is 0.960 bits per heavy atom. The summed E-state index contributed by atoms with van der Waals surface area (Å²) in [6, 6.07) is -0.508. The second-order valence-electron chi connectivity index (χ2n) is 8.06. The van der Waals surface area contributed by atoms with Crippen LogP contribution in [0.15, 0.2) is 0 Å². The first-order chi connectivity index (χ1) is 11.8. The van der Waals surface area contributed by atoms with Crippen LogP contribution in [0.25, 0.3) is 0 Å². The van der Waals surface area contributed by atoms with Crippen molar-refractivity contribution < 1.29 is 23.9 Å². The molecule has 0 spiro atoms. The van der Waals surface area contributed by atoms with Crippen LogP contribution >= 0.6 is 0 Å². The second-order valence-corrected chi connectivity index (χ2v) is 8.06. The maximum Gasteiger partial charge on any atom is 0.321 e. The average Bonchev–Trinajstić information content (AvgIpc) is 2.48. The van der Waals surface area contributed by atoms with Gasteiger partial charge in [-0.25, -0.2) is 4.79 Å². The van der Waals surface area contributed by atoms with Crippen LogP contribution in [0.5, 0.6) is 0 Å². The minimum Gasteiger partial charge on any atom is -0.456 e. The number of urea groups is 1. The Balaban J connectivity index is 1.41. The van der Waals surface area contributed by atoms with Crippen LogP contribution in [-0.4, -0.2) is 35.8 Å². The zero-order valence-corrected chi connectivity index (χ0v) is 14.6. The fourth-order valence-corrected chi connectivity index (χ4v) is 5.19. The lowest BCUT2D eigenvalue weighted by molar-refractivity contribution is -0.148. The Kier molecular flexibility index (Phi) is 5.11. The molecule has 4 bridgehead atoms. The van der Waals surface area contributed by atoms with E-state index in [4.69, 9.17) is 4.74 Å². The van der Waals surface area contributed by atoms with E-state index in [9.17, 15) is 19.2 Å². The first-order valence-corrected chi connectivity index (χ1v) is 9.10. The molecular weight excluding hydrogens is 324 g/mol. The number of imide groups is 1. The molecule has 7 nitrogen and oxygen atoms in total. The number of hydrogen-bond donors (Lipinski definition) is 2. The number of amides is 3. The molecule has 4 fully saturated rings. The van der Waals surface area contributed by atoms with Crippen LogP contribution in [0.3, 0.4) is 0 Å². The highest BCUT2D eigenvalue weighted by Crippen LogP contribution is 2.55. The molecule has 138 valence electrons. The third kappa shape index (κ3) is 4.58. The maximum absolute atomic E-state index is 12.2. The lowest BCUT2D eigenvalue weighted by Gasteiger charge is -2.56. The SMILES string of the molecule is CC(=O)CCC(=O)OCC(=O)NC(=O)NC12CC3CC(CC(C3)C1)C2. The van der Waals surface area contributed by atoms with E-state index in [1.807, 2.05) is 0 Å². The number of ether oxygens (including phenoxy) is 1. The molecule has 4 rings (SSSR count). The highest BCUT2D eigenvalue weighted by Gasteiger charge is 2.51. The number of nitrogens with one attached hydrogen (secondary N) is 2. The number of carbonyl (C=O) groups excluding carboxylic acids is 4. The summed E-state index contributed by atoms with van der Waals surface area (Å²) in [5, 5.41) is 5.27. The highest BCUT2D eigenvalue weighted by molar-refractivity contribution is 5.96. The molecule has 2 N–H and O–H groups in total. The van der Waals surface area contributed by atoms with Crippen molar-refractivity contribution >= 4 is 23.7 Å². The highest BCUT2D eigenvalue weighted by atomic mass is 16.5. The van der Waals surface area contributed by atoms with Gasteiger partial charge in [0.2, 0.25) is 0 Å². The average molecular weight is 350 g/mol. The summed E-state index contributed by atoms with van der Waals surface area (Å²) < 4.78 is 4.77. The molecule has 0 unspecified atom stereocenters. The molecule has 0 atom stereocenters. The number of rotatable bonds is 6. The molecule has 0 radical (unpaired) electrons. The van der Waals surface area contributed by atoms with Gasteiger partial charge in [-0.3, -0.25) is 14.9 Å². The van der Waals surface area contributed by atoms with Gasteiger partial charge in [-0.15, -0.1) is 0 Å². The van der Waals surface area contributed by atoms with E-state index < -0.39 is 24.5 Å². The fraction of sp³-hybridized carbons (Fsp3) is 0.778. The van der Waals surface area contributed by atoms with Crippen LogP contribution in [0.4, 0.5) is 4.79 Å². The van der Waals surface area contributed by atoms with Gasteiger partial charge in [0.1, 0.15) is 5.78 Å². The molecule has 4 aliphatic carbocycles. The van der Waals surface area contributed by atoms with Crippen molar-refractivity contribution in [3.05, 3.63) is 0 Å². The van der Waals surface area contributed by atoms with E-state index in [-0.39, 0.29) is 24.2 Å². The van der Waals surface area contributed by atoms with Crippen LogP contribution in [-0.2, 0) is 19.1 Å². The fourth-order valence-electron chi connectivity index (χ4n) is 5.19. The van der Waals surface area contributed by atoms with E-state index in [2.05, 4.69) is 10.6 Å². The summed E-state index contributed by atoms with van der Waals surface area (Å²) in [5.74, 6) is 0.708. The van der Waals surface area contributed by atoms with Gasteiger partial charge in [-0.05, 0) is 63.2 Å². The van der Waals surface area contributed by atoms with Crippen molar-refractivity contribution in [2.24, 2.45) is 17.8 Å². The van der Waals surface area contributed by atoms with Gasteiger partial charge in [-0.1, -0.05) is 0 Å². The minimum atomic E-state index is -0.654. The van der Waals surface area contributed by atoms with Gasteiger partial charge >= 0.3 is 12.0 Å². The van der Waals surface area contributed by atoms with Crippen molar-refractivity contribution in [3.8, 4) is 0 Å². The maximum atomic E-state index is 12.2. The smallest absolute Gasteiger partial charge is 0.321 e. The van der Waals surface area contributed by atoms with Crippen molar-refractivity contribution in [1.29, 1.82) is 0 Å². The van der Waals surface area contributed by atoms with E-state index >= 15 is 0 Å². The molecular formula is C18H26N2O5. The van der Waals surface area contributed by atoms with E-state index in [1.54, 1.807) is 0 Å². The zero-order chi connectivity index (χ0) is 18.0. The first-order valence-electron chi connectivity index (χ1n) is 9.10. The van der Waals surface area contributed by atoms with Crippen LogP contribution in [0.2, 0.25) is 0 Å². The van der Waals surface area contributed by atoms with Crippen molar-refractivity contribution in [1.82, 2.24) is 10.6 Å². The van der Waals surface area contributed by atoms with Gasteiger partial charge in [0, 0.05) is 12.0 Å². The predicted molar refractivity (Wildman–Crippen MR) is 88.5 cm³/mol. The summed E-state index contributed by atoms with van der Waals surface area (Å²) in [5.41, 5.74) is -0.169. The summed E-state index contributed by atoms with van der Waals surface area (Å²) in [4.78, 5) is 46.1. The normalized spacial score (nSPS) is 32.1. The standard InChI is InChI=1S/C18H26N2O5/c1-11(21)2-3-16(23)25-10-15(22)19-17(24)20-18-7-12-4-13(8-18)6-14(5-12)9-18/h12-14H,2-10H2,1H3,(H2,19,20,22,24). The van der Waals surface area contributed by atoms with Crippen LogP contribution in [0, 0.1) is 17.8 Å². The number of ketones is 1. The molecule has 0 aromatic carbocycles. The zero-order valence-electron chi connectivity index (χ0n) is 14.6. The van der Waals surface area contributed by atoms with Gasteiger partial charge in [0.05, 0.1) is 6.42 Å². The minimum absolute atomic E-state index is 0.0535. The molecule has 4 saturated carbocycles. The third-order valence-corrected chi connectivity index (χ3v) is 5.72. The summed E-state index contributed by atoms with van der Waals surface area (Å²) in [7, 11) is 0. The second kappa shape index (κ2) is 7.14. The molecule has 0 aromatic rings. The lowest BCUT2D eigenvalue weighted by Crippen LogP contribution is -2.62. The lowest BCUT2D eigenvalue weighted by atomic mass is 9.53. The third-order valence-electron chi connectivity index (χ3n) is 5.72. The van der Waals surface area contributed by atoms with Gasteiger partial charge in [0.15, 0.2) is 6.61 Å². The molecule has 25 heavy (non-hydrogen) atoms. The van der Waals surface area contributed by atoms with Gasteiger partial charge in [-0.2, -0.15) is 0 Å². The van der Waals surface area contributed by atoms with E-state index in [0.29, 0.717) is 17.8 Å². The Morgan fingerprint density at radius 3 is 2.04 bits per heavy atom. The molecule has 0 saturated heterocycles. The number of esters is 1. The number of Topliss-reactive ketones (excluding diaryl/α,β-unsaturated/α-hetero) is 1. The quantitative estimate of drug-likeness (QED) is 0.710. The largest absolute Gasteiger partial charge is 0.456 e. The molecule has 7 heteroatoms. The van der Waals surface area contributed by atoms with Crippen molar-refractivity contribution in [2.75, 3.05) is 6.61 Å².